The number of carbonyl (C=O) groups is 1. The van der Waals surface area contributed by atoms with Crippen LogP contribution in [0.25, 0.3) is 0 Å². The third-order valence-electron chi connectivity index (χ3n) is 1.04. The monoisotopic (exact) mass is 177 g/mol. The Bertz CT molecular complexity index is 271. The van der Waals surface area contributed by atoms with Crippen LogP contribution in [0.1, 0.15) is 5.69 Å². The van der Waals surface area contributed by atoms with Crippen molar-refractivity contribution in [3.05, 3.63) is 11.8 Å². The van der Waals surface area contributed by atoms with Gasteiger partial charge in [-0.3, -0.25) is 0 Å². The molecule has 3 N–H and O–H groups in total. The molecule has 1 heterocycles. The second-order valence-corrected chi connectivity index (χ2v) is 1.90. The van der Waals surface area contributed by atoms with Crippen LogP contribution < -0.4 is 5.73 Å². The second kappa shape index (κ2) is 3.25. The predicted octanol–water partition coefficient (Wildman–Crippen LogP) is 0.722. The lowest BCUT2D eigenvalue weighted by Crippen LogP contribution is -2.12. The molecule has 5 nitrogen and oxygen atoms in total. The van der Waals surface area contributed by atoms with Crippen LogP contribution in [0.2, 0.25) is 0 Å². The van der Waals surface area contributed by atoms with Crippen LogP contribution in [0.5, 0.6) is 0 Å². The van der Waals surface area contributed by atoms with Crippen molar-refractivity contribution < 1.29 is 9.90 Å². The first-order valence-corrected chi connectivity index (χ1v) is 2.66. The average molecular weight is 178 g/mol. The second-order valence-electron chi connectivity index (χ2n) is 1.90. The van der Waals surface area contributed by atoms with Gasteiger partial charge in [0.25, 0.3) is 0 Å². The van der Waals surface area contributed by atoms with Gasteiger partial charge < -0.3 is 10.8 Å². The molecule has 62 valence electrons. The predicted molar refractivity (Wildman–Crippen MR) is 42.0 cm³/mol. The Labute approximate surface area is 69.2 Å². The summed E-state index contributed by atoms with van der Waals surface area (Å²) in [4.78, 5) is 10.3. The number of anilines is 1. The van der Waals surface area contributed by atoms with Gasteiger partial charge in [-0.15, -0.1) is 17.1 Å². The smallest absolute Gasteiger partial charge is 0.434 e. The van der Waals surface area contributed by atoms with Gasteiger partial charge >= 0.3 is 6.09 Å². The molecule has 1 aromatic rings. The molecule has 0 bridgehead atoms. The minimum absolute atomic E-state index is 0. The van der Waals surface area contributed by atoms with Gasteiger partial charge in [-0.2, -0.15) is 5.10 Å². The molecule has 0 amide bonds. The number of nitrogens with zero attached hydrogens (tertiary/aromatic N) is 2. The summed E-state index contributed by atoms with van der Waals surface area (Å²) >= 11 is 0. The molecule has 0 unspecified atom stereocenters. The number of hydrogen-bond donors (Lipinski definition) is 2. The number of aromatic nitrogens is 2. The van der Waals surface area contributed by atoms with Crippen molar-refractivity contribution in [2.24, 2.45) is 0 Å². The maximum absolute atomic E-state index is 10.3. The van der Waals surface area contributed by atoms with Crippen LogP contribution in [-0.4, -0.2) is 21.0 Å². The van der Waals surface area contributed by atoms with E-state index in [9.17, 15) is 4.79 Å². The Hall–Kier alpha value is -1.23. The van der Waals surface area contributed by atoms with Gasteiger partial charge in [-0.25, -0.2) is 4.79 Å². The van der Waals surface area contributed by atoms with Gasteiger partial charge in [-0.1, -0.05) is 0 Å². The van der Waals surface area contributed by atoms with E-state index >= 15 is 0 Å². The first-order valence-electron chi connectivity index (χ1n) is 2.66. The van der Waals surface area contributed by atoms with Crippen molar-refractivity contribution >= 4 is 24.3 Å². The molecule has 11 heavy (non-hydrogen) atoms. The number of aryl methyl sites for hydroxylation is 1. The van der Waals surface area contributed by atoms with Crippen molar-refractivity contribution in [2.45, 2.75) is 6.92 Å². The molecular weight excluding hydrogens is 170 g/mol. The fourth-order valence-corrected chi connectivity index (χ4v) is 0.673. The number of carboxylic acid groups (broad SMARTS) is 1. The lowest BCUT2D eigenvalue weighted by Gasteiger charge is -1.92. The van der Waals surface area contributed by atoms with E-state index in [4.69, 9.17) is 10.8 Å². The molecule has 6 heteroatoms. The van der Waals surface area contributed by atoms with Gasteiger partial charge in [0.05, 0.1) is 5.69 Å². The summed E-state index contributed by atoms with van der Waals surface area (Å²) in [6.45, 7) is 1.68. The van der Waals surface area contributed by atoms with Gasteiger partial charge in [0.15, 0.2) is 0 Å². The van der Waals surface area contributed by atoms with Crippen LogP contribution in [0, 0.1) is 6.92 Å². The summed E-state index contributed by atoms with van der Waals surface area (Å²) in [5.74, 6) is 0.144. The molecule has 0 saturated heterocycles. The number of halogens is 1. The zero-order valence-electron chi connectivity index (χ0n) is 5.81. The van der Waals surface area contributed by atoms with Gasteiger partial charge in [0.2, 0.25) is 0 Å². The number of rotatable bonds is 0. The highest BCUT2D eigenvalue weighted by atomic mass is 35.5. The van der Waals surface area contributed by atoms with Crippen LogP contribution >= 0.6 is 12.4 Å². The quantitative estimate of drug-likeness (QED) is 0.612. The Kier molecular flexibility index (Phi) is 2.88. The van der Waals surface area contributed by atoms with E-state index in [2.05, 4.69) is 5.10 Å². The molecule has 0 saturated carbocycles. The Morgan fingerprint density at radius 2 is 2.36 bits per heavy atom. The molecular formula is C5H8ClN3O2. The number of nitrogen functional groups attached to an aromatic ring is 1. The maximum Gasteiger partial charge on any atom is 0.434 e. The molecule has 0 aliphatic rings. The maximum atomic E-state index is 10.3. The van der Waals surface area contributed by atoms with E-state index in [0.29, 0.717) is 5.69 Å². The van der Waals surface area contributed by atoms with E-state index in [1.54, 1.807) is 6.92 Å². The zero-order valence-corrected chi connectivity index (χ0v) is 6.63. The van der Waals surface area contributed by atoms with E-state index in [-0.39, 0.29) is 18.2 Å². The SMILES string of the molecule is Cc1cc(N)n(C(=O)O)n1.Cl. The zero-order chi connectivity index (χ0) is 7.72. The fourth-order valence-electron chi connectivity index (χ4n) is 0.673. The lowest BCUT2D eigenvalue weighted by atomic mass is 10.5. The van der Waals surface area contributed by atoms with Gasteiger partial charge in [0, 0.05) is 6.07 Å². The molecule has 1 aromatic heterocycles. The normalized spacial score (nSPS) is 8.82. The highest BCUT2D eigenvalue weighted by Crippen LogP contribution is 2.03. The van der Waals surface area contributed by atoms with Gasteiger partial charge in [0.1, 0.15) is 5.82 Å². The molecule has 1 rings (SSSR count). The van der Waals surface area contributed by atoms with Crippen molar-refractivity contribution in [3.63, 3.8) is 0 Å². The summed E-state index contributed by atoms with van der Waals surface area (Å²) in [6, 6.07) is 1.49. The summed E-state index contributed by atoms with van der Waals surface area (Å²) < 4.78 is 0.731. The molecule has 0 fully saturated rings. The fraction of sp³-hybridized carbons (Fsp3) is 0.200. The average Bonchev–Trinajstić information content (AvgIpc) is 2.10. The Morgan fingerprint density at radius 1 is 1.82 bits per heavy atom. The highest BCUT2D eigenvalue weighted by molar-refractivity contribution is 5.85. The van der Waals surface area contributed by atoms with Crippen molar-refractivity contribution in [1.29, 1.82) is 0 Å². The topological polar surface area (TPSA) is 81.1 Å². The summed E-state index contributed by atoms with van der Waals surface area (Å²) in [5.41, 5.74) is 5.86. The van der Waals surface area contributed by atoms with Crippen LogP contribution in [-0.2, 0) is 0 Å². The third kappa shape index (κ3) is 1.84. The molecule has 0 aliphatic carbocycles. The third-order valence-corrected chi connectivity index (χ3v) is 1.04. The lowest BCUT2D eigenvalue weighted by molar-refractivity contribution is 0.193. The van der Waals surface area contributed by atoms with Crippen LogP contribution in [0.3, 0.4) is 0 Å². The van der Waals surface area contributed by atoms with Crippen molar-refractivity contribution in [3.8, 4) is 0 Å². The summed E-state index contributed by atoms with van der Waals surface area (Å²) in [6.07, 6.45) is -1.16. The van der Waals surface area contributed by atoms with Crippen LogP contribution in [0.15, 0.2) is 6.07 Å². The molecule has 0 radical (unpaired) electrons. The summed E-state index contributed by atoms with van der Waals surface area (Å²) in [5, 5.41) is 12.0. The number of hydrogen-bond acceptors (Lipinski definition) is 3. The molecule has 0 aromatic carbocycles. The highest BCUT2D eigenvalue weighted by Gasteiger charge is 2.06. The number of nitrogens with two attached hydrogens (primary N) is 1. The minimum Gasteiger partial charge on any atom is -0.463 e. The Balaban J connectivity index is 0.000001000. The van der Waals surface area contributed by atoms with E-state index in [1.807, 2.05) is 0 Å². The summed E-state index contributed by atoms with van der Waals surface area (Å²) in [7, 11) is 0. The molecule has 0 aliphatic heterocycles. The van der Waals surface area contributed by atoms with Gasteiger partial charge in [-0.05, 0) is 6.92 Å². The largest absolute Gasteiger partial charge is 0.463 e. The minimum atomic E-state index is -1.16. The standard InChI is InChI=1S/C5H7N3O2.ClH/c1-3-2-4(6)8(7-3)5(9)10;/h2H,6H2,1H3,(H,9,10);1H. The van der Waals surface area contributed by atoms with Crippen LogP contribution in [0.4, 0.5) is 10.6 Å². The Morgan fingerprint density at radius 3 is 2.55 bits per heavy atom. The molecule has 0 spiro atoms. The first kappa shape index (κ1) is 9.77. The van der Waals surface area contributed by atoms with Crippen molar-refractivity contribution in [1.82, 2.24) is 9.78 Å². The van der Waals surface area contributed by atoms with E-state index in [1.165, 1.54) is 6.07 Å². The molecule has 0 atom stereocenters. The first-order chi connectivity index (χ1) is 4.61. The van der Waals surface area contributed by atoms with E-state index < -0.39 is 6.09 Å². The van der Waals surface area contributed by atoms with Crippen molar-refractivity contribution in [2.75, 3.05) is 5.73 Å². The van der Waals surface area contributed by atoms with E-state index in [0.717, 1.165) is 4.68 Å².